The van der Waals surface area contributed by atoms with Gasteiger partial charge in [-0.2, -0.15) is 0 Å². The Balaban J connectivity index is 1.58. The van der Waals surface area contributed by atoms with Crippen LogP contribution in [0.15, 0.2) is 41.0 Å². The highest BCUT2D eigenvalue weighted by molar-refractivity contribution is 5.93. The summed E-state index contributed by atoms with van der Waals surface area (Å²) in [6.45, 7) is 2.80. The summed E-state index contributed by atoms with van der Waals surface area (Å²) >= 11 is 0. The maximum Gasteiger partial charge on any atom is 0.300 e. The molecule has 1 N–H and O–H groups in total. The highest BCUT2D eigenvalue weighted by Gasteiger charge is 2.25. The third-order valence-corrected chi connectivity index (χ3v) is 4.41. The molecule has 4 rings (SSSR count). The average molecular weight is 341 g/mol. The van der Waals surface area contributed by atoms with Gasteiger partial charge in [-0.15, -0.1) is 0 Å². The number of hydrogen-bond donors (Lipinski definition) is 1. The van der Waals surface area contributed by atoms with E-state index in [-0.39, 0.29) is 17.0 Å². The van der Waals surface area contributed by atoms with Crippen LogP contribution in [0.1, 0.15) is 0 Å². The summed E-state index contributed by atoms with van der Waals surface area (Å²) in [6, 6.07) is 10.3. The van der Waals surface area contributed by atoms with E-state index in [4.69, 9.17) is 4.63 Å². The van der Waals surface area contributed by atoms with Crippen molar-refractivity contribution in [1.29, 1.82) is 0 Å². The van der Waals surface area contributed by atoms with Crippen molar-refractivity contribution in [2.45, 2.75) is 0 Å². The van der Waals surface area contributed by atoms with E-state index in [1.807, 2.05) is 12.1 Å². The number of rotatable bonds is 3. The van der Waals surface area contributed by atoms with Crippen molar-refractivity contribution in [3.63, 3.8) is 0 Å². The zero-order chi connectivity index (χ0) is 17.4. The van der Waals surface area contributed by atoms with Gasteiger partial charge in [0.25, 0.3) is 0 Å². The molecule has 0 unspecified atom stereocenters. The van der Waals surface area contributed by atoms with Crippen molar-refractivity contribution in [3.8, 4) is 5.75 Å². The largest absolute Gasteiger partial charge is 0.506 e. The molecular formula is C16H15N5O4. The maximum absolute atomic E-state index is 11.1. The molecule has 9 nitrogen and oxygen atoms in total. The molecule has 0 radical (unpaired) electrons. The molecule has 0 aliphatic carbocycles. The van der Waals surface area contributed by atoms with Gasteiger partial charge < -0.3 is 14.9 Å². The number of aromatic nitrogens is 2. The number of non-ortho nitro benzene ring substituents is 1. The average Bonchev–Trinajstić information content (AvgIpc) is 3.11. The number of phenolic OH excluding ortho intramolecular Hbond substituents is 1. The highest BCUT2D eigenvalue weighted by atomic mass is 16.6. The van der Waals surface area contributed by atoms with E-state index in [1.165, 1.54) is 6.07 Å². The molecule has 1 aromatic heterocycles. The van der Waals surface area contributed by atoms with Crippen molar-refractivity contribution in [2.75, 3.05) is 36.0 Å². The molecule has 128 valence electrons. The van der Waals surface area contributed by atoms with Crippen LogP contribution < -0.4 is 9.80 Å². The molecule has 25 heavy (non-hydrogen) atoms. The van der Waals surface area contributed by atoms with Gasteiger partial charge in [0.2, 0.25) is 5.52 Å². The predicted molar refractivity (Wildman–Crippen MR) is 91.0 cm³/mol. The number of nitrogens with zero attached hydrogens (tertiary/aromatic N) is 5. The van der Waals surface area contributed by atoms with E-state index >= 15 is 0 Å². The molecule has 9 heteroatoms. The monoisotopic (exact) mass is 341 g/mol. The van der Waals surface area contributed by atoms with Gasteiger partial charge in [0.15, 0.2) is 5.52 Å². The third-order valence-electron chi connectivity index (χ3n) is 4.41. The van der Waals surface area contributed by atoms with Gasteiger partial charge in [0, 0.05) is 32.2 Å². The molecule has 0 amide bonds. The first-order valence-electron chi connectivity index (χ1n) is 7.82. The molecule has 1 fully saturated rings. The summed E-state index contributed by atoms with van der Waals surface area (Å²) in [5.41, 5.74) is 2.00. The molecule has 1 aliphatic heterocycles. The van der Waals surface area contributed by atoms with Gasteiger partial charge >= 0.3 is 5.69 Å². The molecule has 1 aliphatic rings. The number of anilines is 2. The minimum Gasteiger partial charge on any atom is -0.506 e. The minimum atomic E-state index is -0.494. The number of nitro benzene ring substituents is 1. The Kier molecular flexibility index (Phi) is 3.60. The van der Waals surface area contributed by atoms with Crippen LogP contribution in [0, 0.1) is 10.1 Å². The van der Waals surface area contributed by atoms with Gasteiger partial charge in [-0.1, -0.05) is 12.1 Å². The first-order chi connectivity index (χ1) is 12.1. The van der Waals surface area contributed by atoms with Crippen molar-refractivity contribution in [3.05, 3.63) is 46.5 Å². The van der Waals surface area contributed by atoms with E-state index in [1.54, 1.807) is 18.2 Å². The van der Waals surface area contributed by atoms with Gasteiger partial charge in [-0.05, 0) is 28.5 Å². The van der Waals surface area contributed by atoms with Crippen LogP contribution in [0.3, 0.4) is 0 Å². The summed E-state index contributed by atoms with van der Waals surface area (Å²) in [6.07, 6.45) is 0. The molecule has 3 aromatic rings. The number of aromatic hydroxyl groups is 1. The Bertz CT molecular complexity index is 933. The predicted octanol–water partition coefficient (Wildman–Crippen LogP) is 2.16. The van der Waals surface area contributed by atoms with Crippen molar-refractivity contribution < 1.29 is 14.7 Å². The summed E-state index contributed by atoms with van der Waals surface area (Å²) < 4.78 is 4.72. The van der Waals surface area contributed by atoms with Crippen LogP contribution >= 0.6 is 0 Å². The molecule has 0 spiro atoms. The normalized spacial score (nSPS) is 14.9. The Morgan fingerprint density at radius 3 is 2.28 bits per heavy atom. The number of phenols is 1. The standard InChI is InChI=1S/C16H15N5O4/c22-14-4-2-1-3-11(14)19-7-9-20(10-8-19)12-5-6-13(21(23)24)16-15(12)17-25-18-16/h1-6,22H,7-10H2. The molecule has 0 bridgehead atoms. The van der Waals surface area contributed by atoms with E-state index in [0.29, 0.717) is 31.7 Å². The number of hydrogen-bond acceptors (Lipinski definition) is 8. The van der Waals surface area contributed by atoms with Crippen molar-refractivity contribution in [2.24, 2.45) is 0 Å². The van der Waals surface area contributed by atoms with Crippen molar-refractivity contribution >= 4 is 28.1 Å². The van der Waals surface area contributed by atoms with E-state index in [2.05, 4.69) is 20.1 Å². The number of nitro groups is 1. The lowest BCUT2D eigenvalue weighted by Gasteiger charge is -2.37. The fourth-order valence-corrected chi connectivity index (χ4v) is 3.16. The van der Waals surface area contributed by atoms with Gasteiger partial charge in [-0.3, -0.25) is 10.1 Å². The van der Waals surface area contributed by atoms with Crippen LogP contribution in [0.5, 0.6) is 5.75 Å². The van der Waals surface area contributed by atoms with Crippen LogP contribution in [0.25, 0.3) is 11.0 Å². The lowest BCUT2D eigenvalue weighted by Crippen LogP contribution is -2.46. The van der Waals surface area contributed by atoms with Gasteiger partial charge in [0.1, 0.15) is 5.75 Å². The smallest absolute Gasteiger partial charge is 0.300 e. The lowest BCUT2D eigenvalue weighted by molar-refractivity contribution is -0.383. The molecule has 0 atom stereocenters. The van der Waals surface area contributed by atoms with Gasteiger partial charge in [-0.25, -0.2) is 4.63 Å². The first kappa shape index (κ1) is 15.2. The number of piperazine rings is 1. The van der Waals surface area contributed by atoms with E-state index in [9.17, 15) is 15.2 Å². The number of benzene rings is 2. The van der Waals surface area contributed by atoms with Gasteiger partial charge in [0.05, 0.1) is 16.3 Å². The quantitative estimate of drug-likeness (QED) is 0.570. The summed E-state index contributed by atoms with van der Waals surface area (Å²) in [7, 11) is 0. The SMILES string of the molecule is O=[N+]([O-])c1ccc(N2CCN(c3ccccc3O)CC2)c2nonc12. The third kappa shape index (κ3) is 2.59. The summed E-state index contributed by atoms with van der Waals surface area (Å²) in [4.78, 5) is 14.8. The molecule has 0 saturated carbocycles. The van der Waals surface area contributed by atoms with Crippen LogP contribution in [-0.4, -0.2) is 46.5 Å². The highest BCUT2D eigenvalue weighted by Crippen LogP contribution is 2.33. The Labute approximate surface area is 142 Å². The van der Waals surface area contributed by atoms with Crippen LogP contribution in [0.4, 0.5) is 17.1 Å². The minimum absolute atomic E-state index is 0.118. The first-order valence-corrected chi connectivity index (χ1v) is 7.82. The van der Waals surface area contributed by atoms with Crippen LogP contribution in [-0.2, 0) is 0 Å². The summed E-state index contributed by atoms with van der Waals surface area (Å²) in [5.74, 6) is 0.259. The van der Waals surface area contributed by atoms with Crippen molar-refractivity contribution in [1.82, 2.24) is 10.3 Å². The number of fused-ring (bicyclic) bond motifs is 1. The lowest BCUT2D eigenvalue weighted by atomic mass is 10.2. The zero-order valence-corrected chi connectivity index (χ0v) is 13.2. The Morgan fingerprint density at radius 1 is 0.960 bits per heavy atom. The second-order valence-electron chi connectivity index (χ2n) is 5.79. The second kappa shape index (κ2) is 5.93. The fourth-order valence-electron chi connectivity index (χ4n) is 3.16. The fraction of sp³-hybridized carbons (Fsp3) is 0.250. The Hall–Kier alpha value is -3.36. The van der Waals surface area contributed by atoms with E-state index in [0.717, 1.165) is 11.4 Å². The van der Waals surface area contributed by atoms with Crippen LogP contribution in [0.2, 0.25) is 0 Å². The molecule has 1 saturated heterocycles. The molecule has 2 aromatic carbocycles. The number of para-hydroxylation sites is 2. The van der Waals surface area contributed by atoms with E-state index < -0.39 is 4.92 Å². The Morgan fingerprint density at radius 2 is 1.60 bits per heavy atom. The maximum atomic E-state index is 11.1. The molecular weight excluding hydrogens is 326 g/mol. The zero-order valence-electron chi connectivity index (χ0n) is 13.2. The molecule has 2 heterocycles. The second-order valence-corrected chi connectivity index (χ2v) is 5.79. The summed E-state index contributed by atoms with van der Waals surface area (Å²) in [5, 5.41) is 28.6. The topological polar surface area (TPSA) is 109 Å².